The summed E-state index contributed by atoms with van der Waals surface area (Å²) in [6.45, 7) is 13.1. The van der Waals surface area contributed by atoms with Crippen LogP contribution >= 0.6 is 11.6 Å². The lowest BCUT2D eigenvalue weighted by Crippen LogP contribution is -2.46. The van der Waals surface area contributed by atoms with E-state index in [0.29, 0.717) is 30.2 Å². The number of benzene rings is 1. The summed E-state index contributed by atoms with van der Waals surface area (Å²) in [4.78, 5) is 24.9. The van der Waals surface area contributed by atoms with Gasteiger partial charge in [-0.2, -0.15) is 0 Å². The fraction of sp³-hybridized carbons (Fsp3) is 0.636. The second kappa shape index (κ2) is 10.1. The monoisotopic (exact) mass is 470 g/mol. The van der Waals surface area contributed by atoms with Crippen molar-refractivity contribution < 1.29 is 24.2 Å². The number of hydrogen-bond acceptors (Lipinski definition) is 4. The smallest absolute Gasteiger partial charge is 0.407 e. The highest BCUT2D eigenvalue weighted by molar-refractivity contribution is 6.76. The highest BCUT2D eigenvalue weighted by atomic mass is 35.5. The summed E-state index contributed by atoms with van der Waals surface area (Å²) in [6, 6.07) is 4.63. The maximum atomic E-state index is 12.1. The Morgan fingerprint density at radius 2 is 1.90 bits per heavy atom. The number of carbonyl (C=O) groups is 2. The Morgan fingerprint density at radius 1 is 1.23 bits per heavy atom. The van der Waals surface area contributed by atoms with Crippen molar-refractivity contribution in [3.63, 3.8) is 0 Å². The maximum absolute atomic E-state index is 12.1. The van der Waals surface area contributed by atoms with Crippen LogP contribution < -0.4 is 10.1 Å². The van der Waals surface area contributed by atoms with Crippen molar-refractivity contribution >= 4 is 31.9 Å². The first-order valence-corrected chi connectivity index (χ1v) is 14.7. The highest BCUT2D eigenvalue weighted by Crippen LogP contribution is 2.36. The molecule has 1 aromatic carbocycles. The predicted molar refractivity (Wildman–Crippen MR) is 125 cm³/mol. The number of amides is 2. The van der Waals surface area contributed by atoms with Crippen LogP contribution in [0.15, 0.2) is 12.1 Å². The van der Waals surface area contributed by atoms with Crippen LogP contribution in [0.4, 0.5) is 9.59 Å². The molecule has 0 saturated carbocycles. The first-order chi connectivity index (χ1) is 14.3. The predicted octanol–water partition coefficient (Wildman–Crippen LogP) is 5.03. The summed E-state index contributed by atoms with van der Waals surface area (Å²) in [6.07, 6.45) is -0.0751. The molecule has 1 aliphatic rings. The van der Waals surface area contributed by atoms with Gasteiger partial charge >= 0.3 is 12.2 Å². The Labute approximate surface area is 191 Å². The second-order valence-electron chi connectivity index (χ2n) is 10.2. The molecule has 7 nitrogen and oxygen atoms in total. The first-order valence-electron chi connectivity index (χ1n) is 10.6. The molecule has 0 fully saturated rings. The molecule has 174 valence electrons. The molecule has 2 rings (SSSR count). The highest BCUT2D eigenvalue weighted by Gasteiger charge is 2.28. The molecule has 2 amide bonds. The van der Waals surface area contributed by atoms with E-state index < -0.39 is 19.7 Å². The molecule has 1 aliphatic carbocycles. The van der Waals surface area contributed by atoms with Crippen LogP contribution in [0.5, 0.6) is 5.75 Å². The Bertz CT molecular complexity index is 804. The van der Waals surface area contributed by atoms with Gasteiger partial charge in [0.05, 0.1) is 18.2 Å². The Hall–Kier alpha value is -1.93. The van der Waals surface area contributed by atoms with Crippen LogP contribution in [0.25, 0.3) is 0 Å². The molecule has 2 N–H and O–H groups in total. The topological polar surface area (TPSA) is 88.1 Å². The van der Waals surface area contributed by atoms with E-state index in [1.165, 1.54) is 4.90 Å². The molecule has 1 unspecified atom stereocenters. The fourth-order valence-corrected chi connectivity index (χ4v) is 4.50. The van der Waals surface area contributed by atoms with Gasteiger partial charge in [-0.3, -0.25) is 0 Å². The fourth-order valence-electron chi connectivity index (χ4n) is 3.47. The number of nitrogens with one attached hydrogen (secondary N) is 1. The van der Waals surface area contributed by atoms with Crippen LogP contribution in [0.3, 0.4) is 0 Å². The zero-order valence-corrected chi connectivity index (χ0v) is 21.1. The quantitative estimate of drug-likeness (QED) is 0.520. The van der Waals surface area contributed by atoms with Crippen molar-refractivity contribution in [3.8, 4) is 5.75 Å². The molecule has 0 radical (unpaired) electrons. The van der Waals surface area contributed by atoms with Crippen LogP contribution in [-0.2, 0) is 17.6 Å². The van der Waals surface area contributed by atoms with E-state index in [1.807, 2.05) is 26.8 Å². The van der Waals surface area contributed by atoms with Gasteiger partial charge in [0.15, 0.2) is 0 Å². The third-order valence-electron chi connectivity index (χ3n) is 5.24. The first kappa shape index (κ1) is 25.3. The van der Waals surface area contributed by atoms with E-state index in [1.54, 1.807) is 6.07 Å². The van der Waals surface area contributed by atoms with Crippen molar-refractivity contribution in [2.45, 2.75) is 70.9 Å². The van der Waals surface area contributed by atoms with Gasteiger partial charge in [-0.25, -0.2) is 9.59 Å². The number of hydrogen-bond donors (Lipinski definition) is 2. The summed E-state index contributed by atoms with van der Waals surface area (Å²) in [7, 11) is -1.24. The number of rotatable bonds is 8. The average Bonchev–Trinajstić information content (AvgIpc) is 3.01. The average molecular weight is 471 g/mol. The van der Waals surface area contributed by atoms with Gasteiger partial charge < -0.3 is 24.8 Å². The zero-order valence-electron chi connectivity index (χ0n) is 19.4. The van der Waals surface area contributed by atoms with Gasteiger partial charge in [-0.15, -0.1) is 0 Å². The molecule has 1 atom stereocenters. The van der Waals surface area contributed by atoms with E-state index in [-0.39, 0.29) is 25.3 Å². The molecule has 1 aromatic rings. The lowest BCUT2D eigenvalue weighted by Gasteiger charge is -2.33. The molecule has 0 heterocycles. The minimum atomic E-state index is -1.24. The number of nitrogens with zero attached hydrogens (tertiary/aromatic N) is 1. The molecule has 0 aromatic heterocycles. The molecule has 0 aliphatic heterocycles. The van der Waals surface area contributed by atoms with Crippen molar-refractivity contribution in [1.29, 1.82) is 0 Å². The summed E-state index contributed by atoms with van der Waals surface area (Å²) in [5, 5.41) is 12.8. The van der Waals surface area contributed by atoms with Gasteiger partial charge in [0.2, 0.25) is 0 Å². The number of carboxylic acid groups (broad SMARTS) is 1. The van der Waals surface area contributed by atoms with Crippen molar-refractivity contribution in [3.05, 3.63) is 28.3 Å². The van der Waals surface area contributed by atoms with E-state index in [9.17, 15) is 14.7 Å². The third-order valence-corrected chi connectivity index (χ3v) is 7.36. The molecule has 31 heavy (non-hydrogen) atoms. The van der Waals surface area contributed by atoms with Gasteiger partial charge in [0.25, 0.3) is 0 Å². The van der Waals surface area contributed by atoms with Gasteiger partial charge in [-0.05, 0) is 56.9 Å². The zero-order chi connectivity index (χ0) is 23.4. The van der Waals surface area contributed by atoms with Crippen LogP contribution in [0.1, 0.15) is 31.9 Å². The number of halogens is 1. The number of alkyl carbamates (subject to hydrolysis) is 1. The van der Waals surface area contributed by atoms with Crippen LogP contribution in [-0.4, -0.2) is 61.6 Å². The minimum Gasteiger partial charge on any atom is -0.490 e. The lowest BCUT2D eigenvalue weighted by molar-refractivity contribution is 0.0892. The van der Waals surface area contributed by atoms with E-state index in [0.717, 1.165) is 17.2 Å². The summed E-state index contributed by atoms with van der Waals surface area (Å²) >= 11 is 6.56. The lowest BCUT2D eigenvalue weighted by atomic mass is 10.1. The molecular formula is C22H35ClN2O5Si. The SMILES string of the molecule is CC(C)(C)N(CCOc1ccc2c(c1Cl)CC(NC(=O)OCC[Si](C)(C)C)C2)C(=O)O. The van der Waals surface area contributed by atoms with E-state index in [4.69, 9.17) is 21.1 Å². The van der Waals surface area contributed by atoms with E-state index in [2.05, 4.69) is 25.0 Å². The Balaban J connectivity index is 1.90. The van der Waals surface area contributed by atoms with Crippen LogP contribution in [0, 0.1) is 0 Å². The van der Waals surface area contributed by atoms with Crippen LogP contribution in [0.2, 0.25) is 30.7 Å². The van der Waals surface area contributed by atoms with Gasteiger partial charge in [-0.1, -0.05) is 37.3 Å². The van der Waals surface area contributed by atoms with Crippen molar-refractivity contribution in [1.82, 2.24) is 10.2 Å². The summed E-state index contributed by atoms with van der Waals surface area (Å²) in [5.74, 6) is 0.526. The standard InChI is InChI=1S/C22H35ClN2O5Si/c1-22(2,3)25(21(27)28)9-10-29-18-8-7-15-13-16(14-17(15)19(18)23)24-20(26)30-11-12-31(4,5)6/h7-8,16H,9-14H2,1-6H3,(H,24,26)(H,27,28). The molecule has 0 spiro atoms. The van der Waals surface area contributed by atoms with Gasteiger partial charge in [0.1, 0.15) is 12.4 Å². The largest absolute Gasteiger partial charge is 0.490 e. The van der Waals surface area contributed by atoms with Crippen molar-refractivity contribution in [2.24, 2.45) is 0 Å². The summed E-state index contributed by atoms with van der Waals surface area (Å²) < 4.78 is 11.1. The van der Waals surface area contributed by atoms with Gasteiger partial charge in [0, 0.05) is 19.7 Å². The molecule has 9 heteroatoms. The molecule has 0 bridgehead atoms. The minimum absolute atomic E-state index is 0.0643. The maximum Gasteiger partial charge on any atom is 0.407 e. The number of fused-ring (bicyclic) bond motifs is 1. The molecular weight excluding hydrogens is 436 g/mol. The Morgan fingerprint density at radius 3 is 2.48 bits per heavy atom. The Kier molecular flexibility index (Phi) is 8.27. The van der Waals surface area contributed by atoms with Crippen molar-refractivity contribution in [2.75, 3.05) is 19.8 Å². The number of carbonyl (C=O) groups excluding carboxylic acids is 1. The third kappa shape index (κ3) is 7.61. The molecule has 0 saturated heterocycles. The second-order valence-corrected chi connectivity index (χ2v) is 16.2. The normalized spacial score (nSPS) is 15.9. The summed E-state index contributed by atoms with van der Waals surface area (Å²) in [5.41, 5.74) is 1.52. The van der Waals surface area contributed by atoms with E-state index >= 15 is 0 Å². The number of ether oxygens (including phenoxy) is 2.